The summed E-state index contributed by atoms with van der Waals surface area (Å²) in [5.74, 6) is 2.07. The first-order chi connectivity index (χ1) is 22.1. The molecule has 2 aromatic rings. The number of piperazine rings is 1. The minimum Gasteiger partial charge on any atom is -0.473 e. The van der Waals surface area contributed by atoms with Gasteiger partial charge in [0.1, 0.15) is 29.2 Å². The lowest BCUT2D eigenvalue weighted by molar-refractivity contribution is 0.116. The van der Waals surface area contributed by atoms with Crippen LogP contribution in [0.1, 0.15) is 87.0 Å². The molecule has 0 bridgehead atoms. The second-order valence-corrected chi connectivity index (χ2v) is 15.5. The number of aromatic nitrogens is 2. The zero-order chi connectivity index (χ0) is 32.4. The number of nitrogens with two attached hydrogens (primary N) is 1. The van der Waals surface area contributed by atoms with Gasteiger partial charge < -0.3 is 15.4 Å². The number of thiophene rings is 1. The maximum absolute atomic E-state index is 14.3. The smallest absolute Gasteiger partial charge is 0.219 e. The van der Waals surface area contributed by atoms with Crippen molar-refractivity contribution in [1.82, 2.24) is 19.8 Å². The van der Waals surface area contributed by atoms with Crippen LogP contribution < -0.4 is 15.4 Å². The number of hydrogen-bond acceptors (Lipinski definition) is 10. The van der Waals surface area contributed by atoms with Crippen molar-refractivity contribution in [3.05, 3.63) is 33.5 Å². The Labute approximate surface area is 276 Å². The molecule has 46 heavy (non-hydrogen) atoms. The standard InChI is InChI=1S/C35H47FN8OS/c1-21(24-8-6-10-35(31(24)39-3)11-7-9-27-30(35)25(18-37)32(38)46-27)33-40-28(44-15-14-43(5)34(20-44)12-13-34)17-29(41-33)45-22(2)26-16-23(36)19-42(26)4/h17,22-23,26H,6-16,19-20,38H2,1-5H3/b24-21+,39-31?/t22-,23+,26-,35-/m0/s1. The molecule has 5 aliphatic rings. The van der Waals surface area contributed by atoms with Gasteiger partial charge in [-0.05, 0) is 102 Å². The van der Waals surface area contributed by atoms with E-state index in [1.807, 2.05) is 27.1 Å². The quantitative estimate of drug-likeness (QED) is 0.461. The van der Waals surface area contributed by atoms with Crippen LogP contribution in [0.25, 0.3) is 5.57 Å². The first kappa shape index (κ1) is 31.5. The van der Waals surface area contributed by atoms with Gasteiger partial charge >= 0.3 is 0 Å². The summed E-state index contributed by atoms with van der Waals surface area (Å²) in [4.78, 5) is 23.4. The van der Waals surface area contributed by atoms with E-state index in [1.165, 1.54) is 23.3 Å². The van der Waals surface area contributed by atoms with Crippen LogP contribution in [0, 0.1) is 11.3 Å². The molecule has 2 N–H and O–H groups in total. The molecule has 4 fully saturated rings. The molecule has 11 heteroatoms. The van der Waals surface area contributed by atoms with Gasteiger partial charge in [0.2, 0.25) is 5.88 Å². The third kappa shape index (κ3) is 5.21. The Morgan fingerprint density at radius 2 is 1.96 bits per heavy atom. The molecule has 0 radical (unpaired) electrons. The molecule has 9 nitrogen and oxygen atoms in total. The number of alkyl halides is 1. The first-order valence-corrected chi connectivity index (χ1v) is 17.8. The van der Waals surface area contributed by atoms with Crippen LogP contribution >= 0.6 is 11.3 Å². The highest BCUT2D eigenvalue weighted by atomic mass is 32.1. The number of anilines is 2. The number of hydrogen-bond donors (Lipinski definition) is 1. The maximum atomic E-state index is 14.3. The minimum atomic E-state index is -0.838. The van der Waals surface area contributed by atoms with E-state index in [-0.39, 0.29) is 23.1 Å². The van der Waals surface area contributed by atoms with Crippen molar-refractivity contribution in [3.8, 4) is 11.9 Å². The molecule has 4 heterocycles. The Morgan fingerprint density at radius 3 is 2.63 bits per heavy atom. The minimum absolute atomic E-state index is 0.0143. The fourth-order valence-electron chi connectivity index (χ4n) is 8.92. The number of aliphatic imine (C=N–C) groups is 1. The summed E-state index contributed by atoms with van der Waals surface area (Å²) in [7, 11) is 6.08. The number of nitriles is 1. The normalized spacial score (nSPS) is 30.5. The molecule has 2 saturated carbocycles. The molecule has 2 aromatic heterocycles. The fraction of sp³-hybridized carbons (Fsp3) is 0.657. The molecule has 3 aliphatic carbocycles. The molecule has 7 rings (SSSR count). The van der Waals surface area contributed by atoms with Crippen LogP contribution in [0.4, 0.5) is 15.2 Å². The van der Waals surface area contributed by atoms with Crippen molar-refractivity contribution >= 4 is 33.4 Å². The van der Waals surface area contributed by atoms with Gasteiger partial charge in [0.25, 0.3) is 0 Å². The van der Waals surface area contributed by atoms with Gasteiger partial charge in [-0.2, -0.15) is 10.2 Å². The summed E-state index contributed by atoms with van der Waals surface area (Å²) in [5.41, 5.74) is 11.3. The van der Waals surface area contributed by atoms with Crippen LogP contribution in [0.5, 0.6) is 5.88 Å². The number of aryl methyl sites for hydroxylation is 1. The van der Waals surface area contributed by atoms with Crippen LogP contribution in [-0.4, -0.2) is 96.7 Å². The molecule has 0 amide bonds. The van der Waals surface area contributed by atoms with Crippen molar-refractivity contribution < 1.29 is 9.13 Å². The Hall–Kier alpha value is -3.07. The highest BCUT2D eigenvalue weighted by molar-refractivity contribution is 7.16. The summed E-state index contributed by atoms with van der Waals surface area (Å²) < 4.78 is 20.9. The van der Waals surface area contributed by atoms with Crippen LogP contribution in [-0.2, 0) is 11.8 Å². The second-order valence-electron chi connectivity index (χ2n) is 14.3. The van der Waals surface area contributed by atoms with Crippen molar-refractivity contribution in [2.45, 2.75) is 101 Å². The molecular formula is C35H47FN8OS. The summed E-state index contributed by atoms with van der Waals surface area (Å²) in [6.07, 6.45) is 7.59. The van der Waals surface area contributed by atoms with Crippen LogP contribution in [0.15, 0.2) is 16.6 Å². The Morgan fingerprint density at radius 1 is 1.20 bits per heavy atom. The number of likely N-dealkylation sites (N-methyl/N-ethyl adjacent to an activating group) is 2. The zero-order valence-corrected chi connectivity index (χ0v) is 28.7. The van der Waals surface area contributed by atoms with E-state index in [1.54, 1.807) is 11.3 Å². The third-order valence-electron chi connectivity index (χ3n) is 11.6. The molecule has 0 aromatic carbocycles. The van der Waals surface area contributed by atoms with Crippen LogP contribution in [0.3, 0.4) is 0 Å². The zero-order valence-electron chi connectivity index (χ0n) is 27.9. The fourth-order valence-corrected chi connectivity index (χ4v) is 10.1. The van der Waals surface area contributed by atoms with E-state index in [4.69, 9.17) is 25.4 Å². The third-order valence-corrected chi connectivity index (χ3v) is 12.7. The lowest BCUT2D eigenvalue weighted by Gasteiger charge is -2.43. The maximum Gasteiger partial charge on any atom is 0.219 e. The number of halogens is 1. The Bertz CT molecular complexity index is 1620. The summed E-state index contributed by atoms with van der Waals surface area (Å²) in [6, 6.07) is 4.42. The largest absolute Gasteiger partial charge is 0.473 e. The van der Waals surface area contributed by atoms with Gasteiger partial charge in [0.05, 0.1) is 5.56 Å². The SMILES string of the molecule is CN=C1/C(=C(\C)c2nc(O[C@@H](C)[C@@H]3C[C@@H](F)CN3C)cc(N3CCN(C)C4(CC4)C3)n2)CCC[C@@]12CCCc1sc(N)c(C#N)c12. The van der Waals surface area contributed by atoms with Gasteiger partial charge in [-0.15, -0.1) is 11.3 Å². The predicted molar refractivity (Wildman–Crippen MR) is 183 cm³/mol. The topological polar surface area (TPSA) is 107 Å². The van der Waals surface area contributed by atoms with Crippen molar-refractivity contribution in [1.29, 1.82) is 5.26 Å². The number of rotatable bonds is 5. The Kier molecular flexibility index (Phi) is 8.13. The van der Waals surface area contributed by atoms with Gasteiger partial charge in [-0.25, -0.2) is 9.37 Å². The number of nitrogen functional groups attached to an aromatic ring is 1. The van der Waals surface area contributed by atoms with E-state index in [0.29, 0.717) is 35.2 Å². The van der Waals surface area contributed by atoms with Gasteiger partial charge in [-0.1, -0.05) is 0 Å². The molecule has 246 valence electrons. The number of fused-ring (bicyclic) bond motifs is 2. The molecule has 2 spiro atoms. The molecule has 2 saturated heterocycles. The summed E-state index contributed by atoms with van der Waals surface area (Å²) in [6.45, 7) is 7.38. The monoisotopic (exact) mass is 646 g/mol. The van der Waals surface area contributed by atoms with Crippen molar-refractivity contribution in [3.63, 3.8) is 0 Å². The van der Waals surface area contributed by atoms with Gasteiger partial charge in [0, 0.05) is 66.9 Å². The predicted octanol–water partition coefficient (Wildman–Crippen LogP) is 5.39. The molecular weight excluding hydrogens is 600 g/mol. The summed E-state index contributed by atoms with van der Waals surface area (Å²) in [5, 5.41) is 10.8. The molecule has 0 unspecified atom stereocenters. The highest BCUT2D eigenvalue weighted by Crippen LogP contribution is 2.53. The lowest BCUT2D eigenvalue weighted by Crippen LogP contribution is -2.53. The highest BCUT2D eigenvalue weighted by Gasteiger charge is 2.50. The summed E-state index contributed by atoms with van der Waals surface area (Å²) >= 11 is 1.58. The van der Waals surface area contributed by atoms with E-state index >= 15 is 0 Å². The Balaban J connectivity index is 1.30. The number of ether oxygens (including phenoxy) is 1. The number of likely N-dealkylation sites (tertiary alicyclic amines) is 1. The van der Waals surface area contributed by atoms with Crippen molar-refractivity contribution in [2.75, 3.05) is 58.0 Å². The first-order valence-electron chi connectivity index (χ1n) is 16.9. The van der Waals surface area contributed by atoms with E-state index in [9.17, 15) is 9.65 Å². The molecule has 4 atom stereocenters. The van der Waals surface area contributed by atoms with E-state index < -0.39 is 6.17 Å². The average molecular weight is 647 g/mol. The second kappa shape index (κ2) is 11.9. The number of nitrogens with zero attached hydrogens (tertiary/aromatic N) is 7. The van der Waals surface area contributed by atoms with E-state index in [2.05, 4.69) is 34.7 Å². The molecule has 2 aliphatic heterocycles. The van der Waals surface area contributed by atoms with Crippen LogP contribution in [0.2, 0.25) is 0 Å². The lowest BCUT2D eigenvalue weighted by atomic mass is 9.60. The van der Waals surface area contributed by atoms with E-state index in [0.717, 1.165) is 80.8 Å². The van der Waals surface area contributed by atoms with Gasteiger partial charge in [0.15, 0.2) is 5.82 Å². The van der Waals surface area contributed by atoms with Crippen molar-refractivity contribution in [2.24, 2.45) is 4.99 Å². The average Bonchev–Trinajstić information content (AvgIpc) is 3.61. The van der Waals surface area contributed by atoms with Gasteiger partial charge in [-0.3, -0.25) is 14.8 Å². The number of allylic oxidation sites excluding steroid dienone is 2.